The number of carbonyl (C=O) groups is 2. The van der Waals surface area contributed by atoms with Crippen LogP contribution < -0.4 is 5.32 Å². The van der Waals surface area contributed by atoms with Gasteiger partial charge in [-0.2, -0.15) is 0 Å². The lowest BCUT2D eigenvalue weighted by atomic mass is 10.2. The Morgan fingerprint density at radius 2 is 1.72 bits per heavy atom. The van der Waals surface area contributed by atoms with E-state index < -0.39 is 0 Å². The summed E-state index contributed by atoms with van der Waals surface area (Å²) in [5.74, 6) is -0.904. The van der Waals surface area contributed by atoms with Gasteiger partial charge in [-0.3, -0.25) is 9.59 Å². The van der Waals surface area contributed by atoms with E-state index in [9.17, 15) is 14.0 Å². The third-order valence-electron chi connectivity index (χ3n) is 4.46. The van der Waals surface area contributed by atoms with E-state index in [4.69, 9.17) is 0 Å². The summed E-state index contributed by atoms with van der Waals surface area (Å²) in [5.41, 5.74) is 1.90. The Labute approximate surface area is 146 Å². The largest absolute Gasteiger partial charge is 0.352 e. The second-order valence-electron chi connectivity index (χ2n) is 6.47. The van der Waals surface area contributed by atoms with Crippen molar-refractivity contribution < 1.29 is 14.0 Å². The van der Waals surface area contributed by atoms with Gasteiger partial charge in [-0.1, -0.05) is 42.5 Å². The van der Waals surface area contributed by atoms with Crippen molar-refractivity contribution in [2.45, 2.75) is 19.5 Å². The fraction of sp³-hybridized carbons (Fsp3) is 0.300. The molecule has 0 aliphatic heterocycles. The fourth-order valence-corrected chi connectivity index (χ4v) is 2.90. The second kappa shape index (κ2) is 7.47. The predicted octanol–water partition coefficient (Wildman–Crippen LogP) is 2.74. The lowest BCUT2D eigenvalue weighted by Crippen LogP contribution is -2.31. The molecule has 2 amide bonds. The second-order valence-corrected chi connectivity index (χ2v) is 6.47. The van der Waals surface area contributed by atoms with Crippen LogP contribution >= 0.6 is 0 Å². The predicted molar refractivity (Wildman–Crippen MR) is 92.8 cm³/mol. The lowest BCUT2D eigenvalue weighted by molar-refractivity contribution is -0.134. The molecule has 1 fully saturated rings. The van der Waals surface area contributed by atoms with E-state index in [0.717, 1.165) is 11.1 Å². The van der Waals surface area contributed by atoms with Crippen molar-refractivity contribution in [1.82, 2.24) is 10.2 Å². The molecule has 3 rings (SSSR count). The molecule has 2 aromatic rings. The normalized spacial score (nSPS) is 18.5. The first-order valence-electron chi connectivity index (χ1n) is 8.35. The van der Waals surface area contributed by atoms with Crippen LogP contribution in [0, 0.1) is 17.7 Å². The van der Waals surface area contributed by atoms with Crippen LogP contribution in [0.2, 0.25) is 0 Å². The number of hydrogen-bond acceptors (Lipinski definition) is 2. The number of nitrogens with zero attached hydrogens (tertiary/aromatic N) is 1. The fourth-order valence-electron chi connectivity index (χ4n) is 2.90. The summed E-state index contributed by atoms with van der Waals surface area (Å²) < 4.78 is 12.9. The average Bonchev–Trinajstić information content (AvgIpc) is 3.42. The Balaban J connectivity index is 1.47. The molecule has 1 saturated carbocycles. The van der Waals surface area contributed by atoms with Crippen LogP contribution in [-0.2, 0) is 22.7 Å². The number of halogens is 1. The summed E-state index contributed by atoms with van der Waals surface area (Å²) in [6.45, 7) is 0.885. The van der Waals surface area contributed by atoms with Crippen LogP contribution in [-0.4, -0.2) is 23.8 Å². The third kappa shape index (κ3) is 4.44. The van der Waals surface area contributed by atoms with Crippen LogP contribution in [0.5, 0.6) is 0 Å². The maximum absolute atomic E-state index is 12.9. The number of benzene rings is 2. The van der Waals surface area contributed by atoms with Gasteiger partial charge >= 0.3 is 0 Å². The first-order chi connectivity index (χ1) is 12.0. The molecule has 0 radical (unpaired) electrons. The van der Waals surface area contributed by atoms with Gasteiger partial charge in [-0.05, 0) is 29.7 Å². The molecule has 1 N–H and O–H groups in total. The molecule has 0 heterocycles. The van der Waals surface area contributed by atoms with Crippen LogP contribution in [0.4, 0.5) is 4.39 Å². The molecule has 0 aromatic heterocycles. The first kappa shape index (κ1) is 17.1. The van der Waals surface area contributed by atoms with Crippen molar-refractivity contribution in [3.63, 3.8) is 0 Å². The van der Waals surface area contributed by atoms with Gasteiger partial charge in [0, 0.05) is 20.1 Å². The SMILES string of the molecule is CN(Cc1ccccc1)C(=O)C1CC1C(=O)NCc1ccc(F)cc1. The van der Waals surface area contributed by atoms with Crippen LogP contribution in [0.1, 0.15) is 17.5 Å². The summed E-state index contributed by atoms with van der Waals surface area (Å²) in [5, 5.41) is 2.82. The summed E-state index contributed by atoms with van der Waals surface area (Å²) in [6, 6.07) is 15.8. The van der Waals surface area contributed by atoms with Crippen LogP contribution in [0.15, 0.2) is 54.6 Å². The molecule has 0 bridgehead atoms. The molecule has 130 valence electrons. The van der Waals surface area contributed by atoms with E-state index in [-0.39, 0.29) is 29.5 Å². The van der Waals surface area contributed by atoms with E-state index in [1.165, 1.54) is 12.1 Å². The third-order valence-corrected chi connectivity index (χ3v) is 4.46. The Morgan fingerprint density at radius 3 is 2.40 bits per heavy atom. The quantitative estimate of drug-likeness (QED) is 0.879. The van der Waals surface area contributed by atoms with Gasteiger partial charge in [0.25, 0.3) is 0 Å². The number of hydrogen-bond donors (Lipinski definition) is 1. The average molecular weight is 340 g/mol. The Morgan fingerprint density at radius 1 is 1.04 bits per heavy atom. The molecule has 1 aliphatic carbocycles. The number of nitrogens with one attached hydrogen (secondary N) is 1. The van der Waals surface area contributed by atoms with Gasteiger partial charge < -0.3 is 10.2 Å². The van der Waals surface area contributed by atoms with Crippen LogP contribution in [0.3, 0.4) is 0 Å². The Bertz CT molecular complexity index is 746. The van der Waals surface area contributed by atoms with Gasteiger partial charge in [0.15, 0.2) is 0 Å². The van der Waals surface area contributed by atoms with Crippen molar-refractivity contribution >= 4 is 11.8 Å². The van der Waals surface area contributed by atoms with Gasteiger partial charge in [-0.15, -0.1) is 0 Å². The highest BCUT2D eigenvalue weighted by Gasteiger charge is 2.48. The zero-order valence-corrected chi connectivity index (χ0v) is 14.1. The van der Waals surface area contributed by atoms with Crippen molar-refractivity contribution in [2.75, 3.05) is 7.05 Å². The lowest BCUT2D eigenvalue weighted by Gasteiger charge is -2.17. The molecule has 2 unspecified atom stereocenters. The van der Waals surface area contributed by atoms with Crippen LogP contribution in [0.25, 0.3) is 0 Å². The molecule has 5 heteroatoms. The minimum absolute atomic E-state index is 0.00536. The Kier molecular flexibility index (Phi) is 5.12. The van der Waals surface area contributed by atoms with E-state index in [1.54, 1.807) is 24.1 Å². The molecule has 1 aliphatic rings. The highest BCUT2D eigenvalue weighted by atomic mass is 19.1. The molecular formula is C20H21FN2O2. The van der Waals surface area contributed by atoms with E-state index in [1.807, 2.05) is 30.3 Å². The van der Waals surface area contributed by atoms with Gasteiger partial charge in [0.05, 0.1) is 11.8 Å². The van der Waals surface area contributed by atoms with Crippen molar-refractivity contribution in [2.24, 2.45) is 11.8 Å². The molecule has 4 nitrogen and oxygen atoms in total. The highest BCUT2D eigenvalue weighted by molar-refractivity contribution is 5.92. The van der Waals surface area contributed by atoms with Gasteiger partial charge in [-0.25, -0.2) is 4.39 Å². The molecule has 0 saturated heterocycles. The number of amides is 2. The smallest absolute Gasteiger partial charge is 0.226 e. The maximum Gasteiger partial charge on any atom is 0.226 e. The summed E-state index contributed by atoms with van der Waals surface area (Å²) in [6.07, 6.45) is 0.590. The number of carbonyl (C=O) groups excluding carboxylic acids is 2. The highest BCUT2D eigenvalue weighted by Crippen LogP contribution is 2.40. The standard InChI is InChI=1S/C20H21FN2O2/c1-23(13-15-5-3-2-4-6-15)20(25)18-11-17(18)19(24)22-12-14-7-9-16(21)10-8-14/h2-10,17-18H,11-13H2,1H3,(H,22,24). The van der Waals surface area contributed by atoms with E-state index >= 15 is 0 Å². The van der Waals surface area contributed by atoms with Crippen molar-refractivity contribution in [3.8, 4) is 0 Å². The minimum atomic E-state index is -0.301. The van der Waals surface area contributed by atoms with Crippen molar-refractivity contribution in [3.05, 3.63) is 71.5 Å². The molecule has 0 spiro atoms. The van der Waals surface area contributed by atoms with Crippen molar-refractivity contribution in [1.29, 1.82) is 0 Å². The topological polar surface area (TPSA) is 49.4 Å². The maximum atomic E-state index is 12.9. The minimum Gasteiger partial charge on any atom is -0.352 e. The molecule has 2 aromatic carbocycles. The van der Waals surface area contributed by atoms with E-state index in [0.29, 0.717) is 19.5 Å². The zero-order valence-electron chi connectivity index (χ0n) is 14.1. The summed E-state index contributed by atoms with van der Waals surface area (Å²) >= 11 is 0. The zero-order chi connectivity index (χ0) is 17.8. The summed E-state index contributed by atoms with van der Waals surface area (Å²) in [7, 11) is 1.77. The first-order valence-corrected chi connectivity index (χ1v) is 8.35. The molecular weight excluding hydrogens is 319 g/mol. The molecule has 2 atom stereocenters. The Hall–Kier alpha value is -2.69. The van der Waals surface area contributed by atoms with E-state index in [2.05, 4.69) is 5.32 Å². The monoisotopic (exact) mass is 340 g/mol. The van der Waals surface area contributed by atoms with Gasteiger partial charge in [0.1, 0.15) is 5.82 Å². The summed E-state index contributed by atoms with van der Waals surface area (Å²) in [4.78, 5) is 26.3. The number of rotatable bonds is 6. The molecule has 25 heavy (non-hydrogen) atoms. The van der Waals surface area contributed by atoms with Gasteiger partial charge in [0.2, 0.25) is 11.8 Å².